The normalized spacial score (nSPS) is 14.5. The van der Waals surface area contributed by atoms with Crippen molar-refractivity contribution in [1.29, 1.82) is 0 Å². The van der Waals surface area contributed by atoms with E-state index in [1.165, 1.54) is 0 Å². The van der Waals surface area contributed by atoms with Crippen molar-refractivity contribution in [2.24, 2.45) is 0 Å². The second-order valence-corrected chi connectivity index (χ2v) is 6.84. The van der Waals surface area contributed by atoms with Crippen LogP contribution in [0.2, 0.25) is 0 Å². The SMILES string of the molecule is OC(O)c1ccc2c(Br)cc3c(c2c1-c1ccc2cc1OCO2)OCO3. The molecule has 0 unspecified atom stereocenters. The van der Waals surface area contributed by atoms with Gasteiger partial charge in [-0.2, -0.15) is 0 Å². The molecule has 0 atom stereocenters. The molecule has 2 aliphatic heterocycles. The van der Waals surface area contributed by atoms with Crippen molar-refractivity contribution in [3.8, 4) is 34.1 Å². The van der Waals surface area contributed by atoms with Gasteiger partial charge in [0.25, 0.3) is 0 Å². The minimum atomic E-state index is -1.65. The molecule has 0 saturated carbocycles. The Labute approximate surface area is 156 Å². The third-order valence-corrected chi connectivity index (χ3v) is 5.22. The number of ether oxygens (including phenoxy) is 4. The van der Waals surface area contributed by atoms with Crippen LogP contribution in [0.1, 0.15) is 11.9 Å². The van der Waals surface area contributed by atoms with Crippen LogP contribution in [-0.2, 0) is 0 Å². The van der Waals surface area contributed by atoms with E-state index in [-0.39, 0.29) is 13.6 Å². The first-order valence-electron chi connectivity index (χ1n) is 7.94. The molecular formula is C19H13BrO6. The van der Waals surface area contributed by atoms with Gasteiger partial charge in [0.15, 0.2) is 17.8 Å². The Morgan fingerprint density at radius 2 is 1.69 bits per heavy atom. The molecule has 0 radical (unpaired) electrons. The van der Waals surface area contributed by atoms with E-state index in [0.717, 1.165) is 20.8 Å². The molecule has 0 aromatic heterocycles. The van der Waals surface area contributed by atoms with Crippen LogP contribution in [0.15, 0.2) is 40.9 Å². The number of fused-ring (bicyclic) bond motifs is 5. The second kappa shape index (κ2) is 5.77. The zero-order valence-corrected chi connectivity index (χ0v) is 14.9. The number of aliphatic hydroxyl groups is 2. The standard InChI is InChI=1S/C19H13BrO6/c20-13-6-15-18(26-8-25-15)17-10(13)3-4-12(19(21)22)16(17)11-2-1-9-5-14(11)24-7-23-9/h1-6,19,21-22H,7-8H2. The van der Waals surface area contributed by atoms with Gasteiger partial charge in [-0.1, -0.05) is 28.1 Å². The highest BCUT2D eigenvalue weighted by Crippen LogP contribution is 2.50. The highest BCUT2D eigenvalue weighted by molar-refractivity contribution is 9.10. The first-order chi connectivity index (χ1) is 12.6. The van der Waals surface area contributed by atoms with Crippen LogP contribution >= 0.6 is 15.9 Å². The molecule has 2 N–H and O–H groups in total. The molecule has 0 spiro atoms. The van der Waals surface area contributed by atoms with Crippen molar-refractivity contribution in [1.82, 2.24) is 0 Å². The lowest BCUT2D eigenvalue weighted by Crippen LogP contribution is -2.11. The molecule has 7 heteroatoms. The number of hydrogen-bond donors (Lipinski definition) is 2. The topological polar surface area (TPSA) is 77.4 Å². The molecule has 26 heavy (non-hydrogen) atoms. The number of halogens is 1. The fourth-order valence-corrected chi connectivity index (χ4v) is 3.96. The minimum absolute atomic E-state index is 0.109. The molecule has 0 amide bonds. The molecule has 6 nitrogen and oxygen atoms in total. The smallest absolute Gasteiger partial charge is 0.231 e. The predicted octanol–water partition coefficient (Wildman–Crippen LogP) is 3.71. The second-order valence-electron chi connectivity index (χ2n) is 5.98. The van der Waals surface area contributed by atoms with Crippen LogP contribution in [0.3, 0.4) is 0 Å². The first kappa shape index (κ1) is 15.7. The third-order valence-electron chi connectivity index (χ3n) is 4.56. The van der Waals surface area contributed by atoms with Crippen molar-refractivity contribution in [3.05, 3.63) is 46.4 Å². The summed E-state index contributed by atoms with van der Waals surface area (Å²) >= 11 is 3.57. The maximum atomic E-state index is 9.98. The highest BCUT2D eigenvalue weighted by atomic mass is 79.9. The molecule has 3 aromatic rings. The Bertz CT molecular complexity index is 1050. The summed E-state index contributed by atoms with van der Waals surface area (Å²) in [5.41, 5.74) is 1.71. The van der Waals surface area contributed by atoms with Crippen LogP contribution in [-0.4, -0.2) is 23.8 Å². The van der Waals surface area contributed by atoms with Crippen molar-refractivity contribution in [2.75, 3.05) is 13.6 Å². The van der Waals surface area contributed by atoms with Crippen molar-refractivity contribution >= 4 is 26.7 Å². The lowest BCUT2D eigenvalue weighted by molar-refractivity contribution is -0.0419. The molecule has 3 aromatic carbocycles. The fourth-order valence-electron chi connectivity index (χ4n) is 3.42. The summed E-state index contributed by atoms with van der Waals surface area (Å²) in [7, 11) is 0. The number of aliphatic hydroxyl groups excluding tert-OH is 1. The van der Waals surface area contributed by atoms with E-state index >= 15 is 0 Å². The van der Waals surface area contributed by atoms with Crippen molar-refractivity contribution < 1.29 is 29.2 Å². The summed E-state index contributed by atoms with van der Waals surface area (Å²) in [5.74, 6) is 2.48. The van der Waals surface area contributed by atoms with E-state index in [1.54, 1.807) is 12.1 Å². The van der Waals surface area contributed by atoms with Gasteiger partial charge in [0.2, 0.25) is 13.6 Å². The Morgan fingerprint density at radius 1 is 0.885 bits per heavy atom. The number of hydrogen-bond acceptors (Lipinski definition) is 6. The summed E-state index contributed by atoms with van der Waals surface area (Å²) in [6, 6.07) is 10.8. The van der Waals surface area contributed by atoms with Gasteiger partial charge in [-0.05, 0) is 18.2 Å². The molecular weight excluding hydrogens is 404 g/mol. The maximum Gasteiger partial charge on any atom is 0.231 e. The summed E-state index contributed by atoms with van der Waals surface area (Å²) < 4.78 is 23.1. The Balaban J connectivity index is 1.93. The van der Waals surface area contributed by atoms with Gasteiger partial charge in [0, 0.05) is 38.0 Å². The van der Waals surface area contributed by atoms with Gasteiger partial charge in [0.05, 0.1) is 0 Å². The molecule has 132 valence electrons. The monoisotopic (exact) mass is 416 g/mol. The van der Waals surface area contributed by atoms with Gasteiger partial charge in [0.1, 0.15) is 11.5 Å². The molecule has 5 rings (SSSR count). The zero-order valence-electron chi connectivity index (χ0n) is 13.4. The molecule has 2 heterocycles. The van der Waals surface area contributed by atoms with Crippen LogP contribution in [0.4, 0.5) is 0 Å². The van der Waals surface area contributed by atoms with Gasteiger partial charge in [-0.3, -0.25) is 0 Å². The van der Waals surface area contributed by atoms with E-state index in [1.807, 2.05) is 24.3 Å². The molecule has 0 saturated heterocycles. The van der Waals surface area contributed by atoms with Crippen molar-refractivity contribution in [2.45, 2.75) is 6.29 Å². The summed E-state index contributed by atoms with van der Waals surface area (Å²) in [6.45, 7) is 0.223. The van der Waals surface area contributed by atoms with E-state index in [9.17, 15) is 10.2 Å². The lowest BCUT2D eigenvalue weighted by Gasteiger charge is -2.22. The van der Waals surface area contributed by atoms with Gasteiger partial charge in [-0.25, -0.2) is 0 Å². The largest absolute Gasteiger partial charge is 0.457 e. The van der Waals surface area contributed by atoms with Crippen molar-refractivity contribution in [3.63, 3.8) is 0 Å². The lowest BCUT2D eigenvalue weighted by atomic mass is 9.91. The van der Waals surface area contributed by atoms with E-state index in [4.69, 9.17) is 18.9 Å². The predicted molar refractivity (Wildman–Crippen MR) is 96.5 cm³/mol. The first-order valence-corrected chi connectivity index (χ1v) is 8.73. The van der Waals surface area contributed by atoms with Crippen LogP contribution in [0.5, 0.6) is 23.0 Å². The number of rotatable bonds is 2. The quantitative estimate of drug-likeness (QED) is 0.620. The fraction of sp³-hybridized carbons (Fsp3) is 0.158. The van der Waals surface area contributed by atoms with E-state index in [2.05, 4.69) is 15.9 Å². The minimum Gasteiger partial charge on any atom is -0.457 e. The van der Waals surface area contributed by atoms with Crippen LogP contribution < -0.4 is 18.9 Å². The van der Waals surface area contributed by atoms with E-state index < -0.39 is 6.29 Å². The van der Waals surface area contributed by atoms with E-state index in [0.29, 0.717) is 34.1 Å². The van der Waals surface area contributed by atoms with Gasteiger partial charge >= 0.3 is 0 Å². The molecule has 2 bridgehead atoms. The Hall–Kier alpha value is -2.48. The summed E-state index contributed by atoms with van der Waals surface area (Å²) in [4.78, 5) is 0. The molecule has 0 fully saturated rings. The third kappa shape index (κ3) is 2.25. The van der Waals surface area contributed by atoms with Gasteiger partial charge < -0.3 is 29.2 Å². The number of benzene rings is 3. The van der Waals surface area contributed by atoms with Crippen LogP contribution in [0.25, 0.3) is 21.9 Å². The average molecular weight is 417 g/mol. The summed E-state index contributed by atoms with van der Waals surface area (Å²) in [6.07, 6.45) is -1.65. The zero-order chi connectivity index (χ0) is 17.8. The Kier molecular flexibility index (Phi) is 3.49. The van der Waals surface area contributed by atoms with Gasteiger partial charge in [-0.15, -0.1) is 0 Å². The molecule has 0 aliphatic carbocycles. The summed E-state index contributed by atoms with van der Waals surface area (Å²) in [5, 5.41) is 21.6. The maximum absolute atomic E-state index is 9.98. The Morgan fingerprint density at radius 3 is 2.54 bits per heavy atom. The van der Waals surface area contributed by atoms with Crippen LogP contribution in [0, 0.1) is 0 Å². The highest BCUT2D eigenvalue weighted by Gasteiger charge is 2.27. The molecule has 2 aliphatic rings. The average Bonchev–Trinajstić information content (AvgIpc) is 3.09.